The molecule has 1 aliphatic heterocycles. The number of piperidine rings is 1. The predicted octanol–water partition coefficient (Wildman–Crippen LogP) is 3.49. The number of nitrogens with one attached hydrogen (secondary N) is 1. The highest BCUT2D eigenvalue weighted by molar-refractivity contribution is 5.95. The molecule has 2 amide bonds. The van der Waals surface area contributed by atoms with Crippen molar-refractivity contribution < 1.29 is 18.5 Å². The summed E-state index contributed by atoms with van der Waals surface area (Å²) in [6.07, 6.45) is 2.91. The van der Waals surface area contributed by atoms with Crippen molar-refractivity contribution in [3.8, 4) is 11.4 Å². The minimum atomic E-state index is -0.609. The molecular weight excluding hydrogens is 396 g/mol. The van der Waals surface area contributed by atoms with Crippen LogP contribution in [0.15, 0.2) is 57.7 Å². The van der Waals surface area contributed by atoms with Crippen LogP contribution in [0.1, 0.15) is 49.1 Å². The van der Waals surface area contributed by atoms with Crippen molar-refractivity contribution >= 4 is 11.8 Å². The Kier molecular flexibility index (Phi) is 6.16. The molecule has 1 atom stereocenters. The van der Waals surface area contributed by atoms with Crippen LogP contribution in [0.4, 0.5) is 0 Å². The summed E-state index contributed by atoms with van der Waals surface area (Å²) in [6.45, 7) is 4.99. The molecule has 162 valence electrons. The van der Waals surface area contributed by atoms with Gasteiger partial charge in [0.2, 0.25) is 17.6 Å². The second kappa shape index (κ2) is 9.16. The zero-order valence-electron chi connectivity index (χ0n) is 17.7. The second-order valence-corrected chi connectivity index (χ2v) is 8.09. The van der Waals surface area contributed by atoms with E-state index in [9.17, 15) is 9.59 Å². The lowest BCUT2D eigenvalue weighted by atomic mass is 9.95. The first-order valence-electron chi connectivity index (χ1n) is 10.5. The molecule has 4 rings (SSSR count). The van der Waals surface area contributed by atoms with Crippen molar-refractivity contribution in [3.05, 3.63) is 60.4 Å². The van der Waals surface area contributed by atoms with Gasteiger partial charge in [0.1, 0.15) is 6.04 Å². The van der Waals surface area contributed by atoms with Crippen LogP contribution in [0.3, 0.4) is 0 Å². The second-order valence-electron chi connectivity index (χ2n) is 8.09. The summed E-state index contributed by atoms with van der Waals surface area (Å²) in [5, 5.41) is 6.92. The Balaban J connectivity index is 1.36. The third-order valence-electron chi connectivity index (χ3n) is 5.59. The fourth-order valence-corrected chi connectivity index (χ4v) is 3.78. The van der Waals surface area contributed by atoms with Crippen molar-refractivity contribution in [2.45, 2.75) is 38.6 Å². The lowest BCUT2D eigenvalue weighted by Gasteiger charge is -2.34. The number of carbonyl (C=O) groups is 2. The number of hydrogen-bond acceptors (Lipinski definition) is 6. The van der Waals surface area contributed by atoms with E-state index < -0.39 is 6.04 Å². The van der Waals surface area contributed by atoms with Gasteiger partial charge in [-0.15, -0.1) is 0 Å². The Hall–Kier alpha value is -3.42. The SMILES string of the molecule is CC(C)C(NC(=O)c1ccco1)C(=O)N1CCC(c2nc(-c3ccccc3)no2)CC1. The zero-order valence-corrected chi connectivity index (χ0v) is 17.7. The predicted molar refractivity (Wildman–Crippen MR) is 113 cm³/mol. The highest BCUT2D eigenvalue weighted by Gasteiger charge is 2.33. The third kappa shape index (κ3) is 4.68. The minimum absolute atomic E-state index is 0.0477. The van der Waals surface area contributed by atoms with Gasteiger partial charge < -0.3 is 19.2 Å². The Morgan fingerprint density at radius 3 is 2.48 bits per heavy atom. The minimum Gasteiger partial charge on any atom is -0.459 e. The summed E-state index contributed by atoms with van der Waals surface area (Å²) in [5.41, 5.74) is 0.914. The van der Waals surface area contributed by atoms with Crippen LogP contribution in [0.2, 0.25) is 0 Å². The average Bonchev–Trinajstić information content (AvgIpc) is 3.50. The van der Waals surface area contributed by atoms with Crippen molar-refractivity contribution in [1.29, 1.82) is 0 Å². The molecule has 0 spiro atoms. The molecule has 8 nitrogen and oxygen atoms in total. The number of carbonyl (C=O) groups excluding carboxylic acids is 2. The number of hydrogen-bond donors (Lipinski definition) is 1. The fourth-order valence-electron chi connectivity index (χ4n) is 3.78. The number of furan rings is 1. The molecule has 8 heteroatoms. The molecule has 2 aromatic heterocycles. The lowest BCUT2D eigenvalue weighted by Crippen LogP contribution is -2.52. The van der Waals surface area contributed by atoms with E-state index in [4.69, 9.17) is 8.94 Å². The van der Waals surface area contributed by atoms with E-state index in [1.807, 2.05) is 44.2 Å². The molecule has 0 radical (unpaired) electrons. The van der Waals surface area contributed by atoms with E-state index in [0.29, 0.717) is 24.8 Å². The normalized spacial score (nSPS) is 15.8. The summed E-state index contributed by atoms with van der Waals surface area (Å²) in [4.78, 5) is 31.8. The summed E-state index contributed by atoms with van der Waals surface area (Å²) < 4.78 is 10.6. The molecule has 1 aliphatic rings. The molecule has 0 bridgehead atoms. The van der Waals surface area contributed by atoms with Gasteiger partial charge in [0, 0.05) is 24.6 Å². The van der Waals surface area contributed by atoms with Crippen molar-refractivity contribution in [2.24, 2.45) is 5.92 Å². The first-order chi connectivity index (χ1) is 15.0. The number of nitrogens with zero attached hydrogens (tertiary/aromatic N) is 3. The van der Waals surface area contributed by atoms with Gasteiger partial charge in [0.05, 0.1) is 6.26 Å². The molecule has 0 saturated carbocycles. The van der Waals surface area contributed by atoms with E-state index in [0.717, 1.165) is 18.4 Å². The van der Waals surface area contributed by atoms with Gasteiger partial charge in [-0.2, -0.15) is 4.98 Å². The maximum atomic E-state index is 13.1. The number of likely N-dealkylation sites (tertiary alicyclic amines) is 1. The van der Waals surface area contributed by atoms with Gasteiger partial charge in [0.25, 0.3) is 5.91 Å². The quantitative estimate of drug-likeness (QED) is 0.652. The molecule has 3 heterocycles. The number of rotatable bonds is 6. The lowest BCUT2D eigenvalue weighted by molar-refractivity contribution is -0.135. The summed E-state index contributed by atoms with van der Waals surface area (Å²) in [5.74, 6) is 0.989. The highest BCUT2D eigenvalue weighted by Crippen LogP contribution is 2.29. The summed E-state index contributed by atoms with van der Waals surface area (Å²) in [7, 11) is 0. The van der Waals surface area contributed by atoms with Gasteiger partial charge in [-0.25, -0.2) is 0 Å². The maximum Gasteiger partial charge on any atom is 0.287 e. The largest absolute Gasteiger partial charge is 0.459 e. The van der Waals surface area contributed by atoms with Crippen LogP contribution < -0.4 is 5.32 Å². The van der Waals surface area contributed by atoms with Crippen LogP contribution in [-0.4, -0.2) is 46.0 Å². The Bertz CT molecular complexity index is 1010. The standard InChI is InChI=1S/C23H26N4O4/c1-15(2)19(24-21(28)18-9-6-14-30-18)23(29)27-12-10-17(11-13-27)22-25-20(26-31-22)16-7-4-3-5-8-16/h3-9,14-15,17,19H,10-13H2,1-2H3,(H,24,28). The van der Waals surface area contributed by atoms with Gasteiger partial charge in [-0.3, -0.25) is 9.59 Å². The maximum absolute atomic E-state index is 13.1. The molecule has 3 aromatic rings. The Morgan fingerprint density at radius 1 is 1.10 bits per heavy atom. The molecule has 0 aliphatic carbocycles. The first-order valence-corrected chi connectivity index (χ1v) is 10.5. The molecule has 1 fully saturated rings. The summed E-state index contributed by atoms with van der Waals surface area (Å²) in [6, 6.07) is 12.3. The molecule has 31 heavy (non-hydrogen) atoms. The smallest absolute Gasteiger partial charge is 0.287 e. The topological polar surface area (TPSA) is 101 Å². The molecular formula is C23H26N4O4. The average molecular weight is 422 g/mol. The number of amides is 2. The van der Waals surface area contributed by atoms with E-state index in [1.54, 1.807) is 17.0 Å². The molecule has 1 saturated heterocycles. The van der Waals surface area contributed by atoms with E-state index >= 15 is 0 Å². The Morgan fingerprint density at radius 2 is 1.84 bits per heavy atom. The van der Waals surface area contributed by atoms with E-state index in [2.05, 4.69) is 15.5 Å². The molecule has 1 unspecified atom stereocenters. The monoisotopic (exact) mass is 422 g/mol. The van der Waals surface area contributed by atoms with E-state index in [-0.39, 0.29) is 29.4 Å². The van der Waals surface area contributed by atoms with E-state index in [1.165, 1.54) is 6.26 Å². The van der Waals surface area contributed by atoms with Gasteiger partial charge in [-0.1, -0.05) is 49.3 Å². The van der Waals surface area contributed by atoms with Gasteiger partial charge in [0.15, 0.2) is 5.76 Å². The third-order valence-corrected chi connectivity index (χ3v) is 5.59. The summed E-state index contributed by atoms with van der Waals surface area (Å²) >= 11 is 0. The first kappa shape index (κ1) is 20.8. The molecule has 1 N–H and O–H groups in total. The van der Waals surface area contributed by atoms with Gasteiger partial charge in [-0.05, 0) is 30.9 Å². The van der Waals surface area contributed by atoms with Crippen molar-refractivity contribution in [2.75, 3.05) is 13.1 Å². The van der Waals surface area contributed by atoms with Crippen LogP contribution in [-0.2, 0) is 4.79 Å². The van der Waals surface area contributed by atoms with Gasteiger partial charge >= 0.3 is 0 Å². The highest BCUT2D eigenvalue weighted by atomic mass is 16.5. The zero-order chi connectivity index (χ0) is 21.8. The number of benzene rings is 1. The van der Waals surface area contributed by atoms with Crippen molar-refractivity contribution in [1.82, 2.24) is 20.4 Å². The fraction of sp³-hybridized carbons (Fsp3) is 0.391. The Labute approximate surface area is 180 Å². The van der Waals surface area contributed by atoms with Crippen LogP contribution >= 0.6 is 0 Å². The van der Waals surface area contributed by atoms with Crippen LogP contribution in [0.5, 0.6) is 0 Å². The number of aromatic nitrogens is 2. The van der Waals surface area contributed by atoms with Crippen LogP contribution in [0, 0.1) is 5.92 Å². The molecule has 1 aromatic carbocycles. The van der Waals surface area contributed by atoms with Crippen molar-refractivity contribution in [3.63, 3.8) is 0 Å². The van der Waals surface area contributed by atoms with Crippen LogP contribution in [0.25, 0.3) is 11.4 Å².